The predicted octanol–water partition coefficient (Wildman–Crippen LogP) is -0.207. The molecule has 12 nitrogen and oxygen atoms in total. The van der Waals surface area contributed by atoms with Gasteiger partial charge in [0.25, 0.3) is 0 Å². The number of phenols is 2. The van der Waals surface area contributed by atoms with E-state index in [9.17, 15) is 40.2 Å². The Labute approximate surface area is 223 Å². The van der Waals surface area contributed by atoms with Crippen LogP contribution in [0.4, 0.5) is 0 Å². The number of nitrogens with two attached hydrogens (primary N) is 1. The summed E-state index contributed by atoms with van der Waals surface area (Å²) >= 11 is 0. The normalized spacial score (nSPS) is 30.8. The average molecular weight is 546 g/mol. The van der Waals surface area contributed by atoms with Crippen molar-refractivity contribution in [2.75, 3.05) is 13.7 Å². The molecule has 0 aromatic heterocycles. The topological polar surface area (TPSA) is 209 Å². The van der Waals surface area contributed by atoms with Crippen molar-refractivity contribution in [2.45, 2.75) is 68.5 Å². The summed E-state index contributed by atoms with van der Waals surface area (Å²) in [7, 11) is 1.33. The summed E-state index contributed by atoms with van der Waals surface area (Å²) in [4.78, 5) is 27.2. The highest BCUT2D eigenvalue weighted by atomic mass is 16.7. The molecule has 0 radical (unpaired) electrons. The summed E-state index contributed by atoms with van der Waals surface area (Å²) in [5.41, 5.74) is 2.77. The Morgan fingerprint density at radius 2 is 1.85 bits per heavy atom. The molecule has 39 heavy (non-hydrogen) atoms. The Morgan fingerprint density at radius 1 is 1.15 bits per heavy atom. The number of fused-ring (bicyclic) bond motifs is 3. The van der Waals surface area contributed by atoms with Gasteiger partial charge in [0, 0.05) is 42.0 Å². The number of hydrogen-bond donors (Lipinski definition) is 7. The van der Waals surface area contributed by atoms with Crippen LogP contribution < -0.4 is 10.5 Å². The van der Waals surface area contributed by atoms with Gasteiger partial charge in [-0.1, -0.05) is 12.1 Å². The molecule has 2 aliphatic carbocycles. The van der Waals surface area contributed by atoms with Crippen molar-refractivity contribution in [1.82, 2.24) is 0 Å². The number of hydrogen-bond acceptors (Lipinski definition) is 12. The number of carbonyl (C=O) groups excluding carboxylic acids is 2. The predicted molar refractivity (Wildman–Crippen MR) is 133 cm³/mol. The maximum atomic E-state index is 13.7. The van der Waals surface area contributed by atoms with E-state index in [-0.39, 0.29) is 40.8 Å². The first-order chi connectivity index (χ1) is 18.4. The fourth-order valence-electron chi connectivity index (χ4n) is 5.84. The highest BCUT2D eigenvalue weighted by Crippen LogP contribution is 2.52. The van der Waals surface area contributed by atoms with Crippen molar-refractivity contribution in [2.24, 2.45) is 5.73 Å². The Hall–Kier alpha value is -3.10. The zero-order valence-electron chi connectivity index (χ0n) is 21.3. The molecule has 0 saturated carbocycles. The number of methoxy groups -OCH3 is 1. The molecule has 8 N–H and O–H groups in total. The molecule has 7 atom stereocenters. The first kappa shape index (κ1) is 27.5. The first-order valence-electron chi connectivity index (χ1n) is 12.6. The number of aromatic hydroxyl groups is 2. The van der Waals surface area contributed by atoms with Gasteiger partial charge in [-0.3, -0.25) is 9.59 Å². The third kappa shape index (κ3) is 4.19. The van der Waals surface area contributed by atoms with Gasteiger partial charge in [0.15, 0.2) is 12.1 Å². The molecule has 2 aromatic rings. The lowest BCUT2D eigenvalue weighted by atomic mass is 9.71. The van der Waals surface area contributed by atoms with E-state index in [4.69, 9.17) is 19.9 Å². The second-order valence-electron chi connectivity index (χ2n) is 10.3. The van der Waals surface area contributed by atoms with E-state index in [0.717, 1.165) is 0 Å². The minimum Gasteiger partial charge on any atom is -0.507 e. The summed E-state index contributed by atoms with van der Waals surface area (Å²) in [6.07, 6.45) is -6.45. The number of benzene rings is 2. The van der Waals surface area contributed by atoms with E-state index in [0.29, 0.717) is 0 Å². The quantitative estimate of drug-likeness (QED) is 0.208. The standard InChI is InChI=1S/C27H31NO11/c1-10-22(31)13(28)6-17(38-10)39-15-8-27(36,16(30)9-29)7-12-19(15)26(35)21-20(24(12)33)23(32)11-4-3-5-14(37-2)18(11)25(21)34/h3-5,10,13,15-17,22,29-31,33,35-36H,6-9,28H2,1-2H3/t10-,13-,15-,16+,17+,22-,27+/m0/s1. The molecule has 12 heteroatoms. The Balaban J connectivity index is 1.68. The van der Waals surface area contributed by atoms with Gasteiger partial charge in [0.1, 0.15) is 23.4 Å². The minimum atomic E-state index is -2.05. The fraction of sp³-hybridized carbons (Fsp3) is 0.481. The van der Waals surface area contributed by atoms with Crippen molar-refractivity contribution in [3.63, 3.8) is 0 Å². The van der Waals surface area contributed by atoms with Crippen molar-refractivity contribution >= 4 is 11.6 Å². The second kappa shape index (κ2) is 9.82. The highest BCUT2D eigenvalue weighted by molar-refractivity contribution is 6.31. The van der Waals surface area contributed by atoms with Crippen LogP contribution in [-0.4, -0.2) is 92.2 Å². The van der Waals surface area contributed by atoms with E-state index in [1.54, 1.807) is 6.92 Å². The molecule has 0 amide bonds. The molecular weight excluding hydrogens is 514 g/mol. The molecule has 0 unspecified atom stereocenters. The van der Waals surface area contributed by atoms with Crippen molar-refractivity contribution in [3.8, 4) is 17.2 Å². The van der Waals surface area contributed by atoms with Gasteiger partial charge in [0.2, 0.25) is 5.78 Å². The molecule has 5 rings (SSSR count). The van der Waals surface area contributed by atoms with Crippen LogP contribution in [-0.2, 0) is 15.9 Å². The van der Waals surface area contributed by atoms with Gasteiger partial charge in [-0.2, -0.15) is 0 Å². The number of ketones is 2. The SMILES string of the molecule is COc1cccc2c1C(=O)c1c(O)c3c(c(O)c1C2=O)C[C@](O)([C@H](O)CO)C[C@@H]3O[C@@H]1C[C@H](N)[C@@H](O)[C@H](C)O1. The molecule has 1 aliphatic heterocycles. The first-order valence-corrected chi connectivity index (χ1v) is 12.6. The van der Waals surface area contributed by atoms with Crippen LogP contribution in [0.1, 0.15) is 68.8 Å². The molecule has 0 bridgehead atoms. The number of rotatable bonds is 5. The van der Waals surface area contributed by atoms with Crippen molar-refractivity contribution < 1.29 is 54.4 Å². The third-order valence-corrected chi connectivity index (χ3v) is 7.97. The van der Waals surface area contributed by atoms with Gasteiger partial charge in [-0.25, -0.2) is 0 Å². The summed E-state index contributed by atoms with van der Waals surface area (Å²) in [5.74, 6) is -2.68. The van der Waals surface area contributed by atoms with Gasteiger partial charge in [0.05, 0.1) is 54.3 Å². The number of carbonyl (C=O) groups is 2. The second-order valence-corrected chi connectivity index (χ2v) is 10.3. The monoisotopic (exact) mass is 545 g/mol. The largest absolute Gasteiger partial charge is 0.507 e. The maximum Gasteiger partial charge on any atom is 0.202 e. The van der Waals surface area contributed by atoms with Gasteiger partial charge in [-0.15, -0.1) is 0 Å². The van der Waals surface area contributed by atoms with E-state index < -0.39 is 89.6 Å². The van der Waals surface area contributed by atoms with Gasteiger partial charge in [-0.05, 0) is 13.0 Å². The van der Waals surface area contributed by atoms with Gasteiger partial charge >= 0.3 is 0 Å². The molecule has 210 valence electrons. The molecule has 1 saturated heterocycles. The van der Waals surface area contributed by atoms with Gasteiger partial charge < -0.3 is 50.6 Å². The molecular formula is C27H31NO11. The van der Waals surface area contributed by atoms with E-state index >= 15 is 0 Å². The Morgan fingerprint density at radius 3 is 2.49 bits per heavy atom. The highest BCUT2D eigenvalue weighted by Gasteiger charge is 2.50. The Bertz CT molecular complexity index is 1330. The Kier molecular flexibility index (Phi) is 6.92. The van der Waals surface area contributed by atoms with Crippen LogP contribution in [0.2, 0.25) is 0 Å². The molecule has 2 aromatic carbocycles. The number of aliphatic hydroxyl groups excluding tert-OH is 3. The number of ether oxygens (including phenoxy) is 3. The summed E-state index contributed by atoms with van der Waals surface area (Å²) in [5, 5.41) is 64.4. The van der Waals surface area contributed by atoms with E-state index in [1.807, 2.05) is 0 Å². The maximum absolute atomic E-state index is 13.7. The van der Waals surface area contributed by atoms with Crippen LogP contribution in [0.25, 0.3) is 0 Å². The number of phenolic OH excluding ortho intramolecular Hbond substituents is 2. The summed E-state index contributed by atoms with van der Waals surface area (Å²) in [6.45, 7) is 0.768. The third-order valence-electron chi connectivity index (χ3n) is 7.97. The zero-order valence-corrected chi connectivity index (χ0v) is 21.3. The minimum absolute atomic E-state index is 0.0343. The number of aliphatic hydroxyl groups is 4. The van der Waals surface area contributed by atoms with Crippen LogP contribution in [0.3, 0.4) is 0 Å². The smallest absolute Gasteiger partial charge is 0.202 e. The lowest BCUT2D eigenvalue weighted by molar-refractivity contribution is -0.251. The summed E-state index contributed by atoms with van der Waals surface area (Å²) < 4.78 is 17.1. The van der Waals surface area contributed by atoms with Crippen LogP contribution in [0.5, 0.6) is 17.2 Å². The van der Waals surface area contributed by atoms with Crippen LogP contribution in [0, 0.1) is 0 Å². The molecule has 0 spiro atoms. The van der Waals surface area contributed by atoms with Crippen LogP contribution in [0.15, 0.2) is 18.2 Å². The summed E-state index contributed by atoms with van der Waals surface area (Å²) in [6, 6.07) is 3.69. The van der Waals surface area contributed by atoms with E-state index in [1.165, 1.54) is 25.3 Å². The molecule has 3 aliphatic rings. The molecule has 1 fully saturated rings. The van der Waals surface area contributed by atoms with Crippen molar-refractivity contribution in [3.05, 3.63) is 51.6 Å². The molecule has 1 heterocycles. The van der Waals surface area contributed by atoms with Crippen LogP contribution >= 0.6 is 0 Å². The lowest BCUT2D eigenvalue weighted by Crippen LogP contribution is -2.53. The van der Waals surface area contributed by atoms with E-state index in [2.05, 4.69) is 0 Å². The van der Waals surface area contributed by atoms with Crippen molar-refractivity contribution in [1.29, 1.82) is 0 Å². The average Bonchev–Trinajstić information content (AvgIpc) is 2.90. The lowest BCUT2D eigenvalue weighted by Gasteiger charge is -2.44. The fourth-order valence-corrected chi connectivity index (χ4v) is 5.84. The zero-order chi connectivity index (χ0) is 28.4.